The Hall–Kier alpha value is -2.34. The second kappa shape index (κ2) is 7.09. The van der Waals surface area contributed by atoms with Crippen LogP contribution in [0.25, 0.3) is 0 Å². The highest BCUT2D eigenvalue weighted by molar-refractivity contribution is 9.10. The number of hydrogen-bond acceptors (Lipinski definition) is 4. The molecule has 0 unspecified atom stereocenters. The SMILES string of the molecule is CC/C(=N\NC(=O)c1ccccc1O)c1cc(Br)ccc1O. The summed E-state index contributed by atoms with van der Waals surface area (Å²) < 4.78 is 0.800. The van der Waals surface area contributed by atoms with E-state index >= 15 is 0 Å². The van der Waals surface area contributed by atoms with E-state index in [1.807, 2.05) is 6.92 Å². The van der Waals surface area contributed by atoms with Crippen molar-refractivity contribution in [2.75, 3.05) is 0 Å². The summed E-state index contributed by atoms with van der Waals surface area (Å²) in [4.78, 5) is 12.0. The molecule has 5 nitrogen and oxygen atoms in total. The van der Waals surface area contributed by atoms with Crippen molar-refractivity contribution in [2.45, 2.75) is 13.3 Å². The fourth-order valence-electron chi connectivity index (χ4n) is 1.91. The van der Waals surface area contributed by atoms with Gasteiger partial charge in [-0.3, -0.25) is 4.79 Å². The number of phenols is 2. The molecule has 0 aliphatic carbocycles. The summed E-state index contributed by atoms with van der Waals surface area (Å²) in [5.41, 5.74) is 3.60. The van der Waals surface area contributed by atoms with Crippen LogP contribution in [-0.4, -0.2) is 21.8 Å². The molecule has 22 heavy (non-hydrogen) atoms. The Balaban J connectivity index is 2.25. The van der Waals surface area contributed by atoms with E-state index in [1.165, 1.54) is 12.1 Å². The van der Waals surface area contributed by atoms with Gasteiger partial charge < -0.3 is 10.2 Å². The molecular formula is C16H15BrN2O3. The largest absolute Gasteiger partial charge is 0.507 e. The van der Waals surface area contributed by atoms with Gasteiger partial charge in [-0.2, -0.15) is 5.10 Å². The smallest absolute Gasteiger partial charge is 0.275 e. The molecule has 6 heteroatoms. The van der Waals surface area contributed by atoms with Crippen molar-refractivity contribution in [3.63, 3.8) is 0 Å². The van der Waals surface area contributed by atoms with Crippen LogP contribution in [0.1, 0.15) is 29.3 Å². The van der Waals surface area contributed by atoms with Crippen molar-refractivity contribution in [2.24, 2.45) is 5.10 Å². The molecule has 2 aromatic rings. The van der Waals surface area contributed by atoms with Gasteiger partial charge in [0.2, 0.25) is 0 Å². The maximum Gasteiger partial charge on any atom is 0.275 e. The molecule has 0 radical (unpaired) electrons. The zero-order valence-electron chi connectivity index (χ0n) is 11.9. The molecular weight excluding hydrogens is 348 g/mol. The van der Waals surface area contributed by atoms with Crippen molar-refractivity contribution in [3.05, 3.63) is 58.1 Å². The molecule has 0 aliphatic heterocycles. The van der Waals surface area contributed by atoms with Crippen molar-refractivity contribution in [1.29, 1.82) is 0 Å². The fourth-order valence-corrected chi connectivity index (χ4v) is 2.27. The Bertz CT molecular complexity index is 729. The van der Waals surface area contributed by atoms with Gasteiger partial charge in [0.05, 0.1) is 11.3 Å². The first-order valence-electron chi connectivity index (χ1n) is 6.66. The number of hydrazone groups is 1. The Morgan fingerprint density at radius 3 is 2.50 bits per heavy atom. The van der Waals surface area contributed by atoms with Gasteiger partial charge in [0.25, 0.3) is 5.91 Å². The third-order valence-electron chi connectivity index (χ3n) is 3.05. The lowest BCUT2D eigenvalue weighted by Gasteiger charge is -2.08. The summed E-state index contributed by atoms with van der Waals surface area (Å²) in [6, 6.07) is 11.2. The lowest BCUT2D eigenvalue weighted by molar-refractivity contribution is 0.0952. The van der Waals surface area contributed by atoms with Crippen LogP contribution in [0, 0.1) is 0 Å². The number of nitrogens with zero attached hydrogens (tertiary/aromatic N) is 1. The first kappa shape index (κ1) is 16.0. The van der Waals surface area contributed by atoms with E-state index in [0.29, 0.717) is 17.7 Å². The lowest BCUT2D eigenvalue weighted by Crippen LogP contribution is -2.20. The minimum absolute atomic E-state index is 0.0839. The minimum Gasteiger partial charge on any atom is -0.507 e. The Labute approximate surface area is 136 Å². The number of carbonyl (C=O) groups is 1. The van der Waals surface area contributed by atoms with Gasteiger partial charge >= 0.3 is 0 Å². The fraction of sp³-hybridized carbons (Fsp3) is 0.125. The minimum atomic E-state index is -0.515. The Morgan fingerprint density at radius 2 is 1.82 bits per heavy atom. The van der Waals surface area contributed by atoms with Crippen LogP contribution in [0.4, 0.5) is 0 Å². The van der Waals surface area contributed by atoms with Crippen LogP contribution in [0.3, 0.4) is 0 Å². The second-order valence-corrected chi connectivity index (χ2v) is 5.45. The molecule has 0 bridgehead atoms. The monoisotopic (exact) mass is 362 g/mol. The van der Waals surface area contributed by atoms with E-state index in [2.05, 4.69) is 26.5 Å². The van der Waals surface area contributed by atoms with Crippen molar-refractivity contribution in [1.82, 2.24) is 5.43 Å². The predicted octanol–water partition coefficient (Wildman–Crippen LogP) is 3.40. The number of phenolic OH excluding ortho intramolecular Hbond substituents is 2. The van der Waals surface area contributed by atoms with Crippen LogP contribution in [-0.2, 0) is 0 Å². The third-order valence-corrected chi connectivity index (χ3v) is 3.54. The maximum atomic E-state index is 12.0. The van der Waals surface area contributed by atoms with Gasteiger partial charge in [-0.05, 0) is 36.8 Å². The van der Waals surface area contributed by atoms with Crippen molar-refractivity contribution in [3.8, 4) is 11.5 Å². The highest BCUT2D eigenvalue weighted by Crippen LogP contribution is 2.23. The predicted molar refractivity (Wildman–Crippen MR) is 88.2 cm³/mol. The van der Waals surface area contributed by atoms with E-state index in [1.54, 1.807) is 30.3 Å². The number of hydrogen-bond donors (Lipinski definition) is 3. The van der Waals surface area contributed by atoms with E-state index in [4.69, 9.17) is 0 Å². The average molecular weight is 363 g/mol. The molecule has 0 aliphatic rings. The molecule has 0 saturated carbocycles. The average Bonchev–Trinajstić information content (AvgIpc) is 2.51. The first-order valence-corrected chi connectivity index (χ1v) is 7.46. The molecule has 2 rings (SSSR count). The van der Waals surface area contributed by atoms with Gasteiger partial charge in [0.15, 0.2) is 0 Å². The highest BCUT2D eigenvalue weighted by Gasteiger charge is 2.12. The van der Waals surface area contributed by atoms with Gasteiger partial charge in [0, 0.05) is 10.0 Å². The maximum absolute atomic E-state index is 12.0. The number of benzene rings is 2. The molecule has 0 spiro atoms. The number of aromatic hydroxyl groups is 2. The summed E-state index contributed by atoms with van der Waals surface area (Å²) in [5.74, 6) is -0.544. The second-order valence-electron chi connectivity index (χ2n) is 4.53. The first-order chi connectivity index (χ1) is 10.5. The number of amides is 1. The molecule has 0 aromatic heterocycles. The van der Waals surface area contributed by atoms with Crippen LogP contribution >= 0.6 is 15.9 Å². The van der Waals surface area contributed by atoms with E-state index in [-0.39, 0.29) is 17.1 Å². The zero-order valence-corrected chi connectivity index (χ0v) is 13.5. The van der Waals surface area contributed by atoms with E-state index < -0.39 is 5.91 Å². The molecule has 0 heterocycles. The molecule has 0 atom stereocenters. The topological polar surface area (TPSA) is 81.9 Å². The Morgan fingerprint density at radius 1 is 1.14 bits per heavy atom. The van der Waals surface area contributed by atoms with Crippen molar-refractivity contribution < 1.29 is 15.0 Å². The van der Waals surface area contributed by atoms with Crippen LogP contribution in [0.15, 0.2) is 52.0 Å². The highest BCUT2D eigenvalue weighted by atomic mass is 79.9. The van der Waals surface area contributed by atoms with E-state index in [9.17, 15) is 15.0 Å². The van der Waals surface area contributed by atoms with Gasteiger partial charge in [0.1, 0.15) is 11.5 Å². The number of carbonyl (C=O) groups excluding carboxylic acids is 1. The number of para-hydroxylation sites is 1. The number of halogens is 1. The summed E-state index contributed by atoms with van der Waals surface area (Å²) in [5, 5.41) is 23.6. The quantitative estimate of drug-likeness (QED) is 0.575. The van der Waals surface area contributed by atoms with Gasteiger partial charge in [-0.25, -0.2) is 5.43 Å². The lowest BCUT2D eigenvalue weighted by atomic mass is 10.1. The summed E-state index contributed by atoms with van der Waals surface area (Å²) in [6.07, 6.45) is 0.519. The van der Waals surface area contributed by atoms with Crippen molar-refractivity contribution >= 4 is 27.5 Å². The number of nitrogens with one attached hydrogen (secondary N) is 1. The Kier molecular flexibility index (Phi) is 5.16. The molecule has 114 valence electrons. The van der Waals surface area contributed by atoms with Crippen LogP contribution < -0.4 is 5.43 Å². The summed E-state index contributed by atoms with van der Waals surface area (Å²) in [7, 11) is 0. The van der Waals surface area contributed by atoms with Gasteiger partial charge in [-0.1, -0.05) is 35.0 Å². The molecule has 0 fully saturated rings. The number of rotatable bonds is 4. The normalized spacial score (nSPS) is 11.3. The molecule has 3 N–H and O–H groups in total. The zero-order chi connectivity index (χ0) is 16.1. The standard InChI is InChI=1S/C16H15BrN2O3/c1-2-13(12-9-10(17)7-8-15(12)21)18-19-16(22)11-5-3-4-6-14(11)20/h3-9,20-21H,2H2,1H3,(H,19,22)/b18-13+. The van der Waals surface area contributed by atoms with Gasteiger partial charge in [-0.15, -0.1) is 0 Å². The molecule has 0 saturated heterocycles. The summed E-state index contributed by atoms with van der Waals surface area (Å²) >= 11 is 3.33. The summed E-state index contributed by atoms with van der Waals surface area (Å²) in [6.45, 7) is 1.87. The van der Waals surface area contributed by atoms with Crippen LogP contribution in [0.5, 0.6) is 11.5 Å². The van der Waals surface area contributed by atoms with Crippen LogP contribution in [0.2, 0.25) is 0 Å². The third kappa shape index (κ3) is 3.65. The molecule has 2 aromatic carbocycles. The van der Waals surface area contributed by atoms with E-state index in [0.717, 1.165) is 4.47 Å². The molecule has 1 amide bonds.